The Bertz CT molecular complexity index is 1060. The lowest BCUT2D eigenvalue weighted by Gasteiger charge is -2.29. The van der Waals surface area contributed by atoms with Gasteiger partial charge in [-0.25, -0.2) is 4.98 Å². The maximum atomic E-state index is 12.8. The Hall–Kier alpha value is -2.44. The number of carbonyl (C=O) groups excluding carboxylic acids is 1. The first-order valence-corrected chi connectivity index (χ1v) is 8.92. The van der Waals surface area contributed by atoms with E-state index in [-0.39, 0.29) is 32.8 Å². The fourth-order valence-electron chi connectivity index (χ4n) is 3.00. The SMILES string of the molecule is O=C(Nc1c(Cl)cncc1Cl)c1cn(C2CCC2)c2ncccc2c1=O. The summed E-state index contributed by atoms with van der Waals surface area (Å²) in [4.78, 5) is 33.8. The van der Waals surface area contributed by atoms with E-state index in [1.165, 1.54) is 12.4 Å². The highest BCUT2D eigenvalue weighted by molar-refractivity contribution is 6.39. The summed E-state index contributed by atoms with van der Waals surface area (Å²) in [6.45, 7) is 0. The van der Waals surface area contributed by atoms with Gasteiger partial charge < -0.3 is 9.88 Å². The predicted octanol–water partition coefficient (Wildman–Crippen LogP) is 4.08. The summed E-state index contributed by atoms with van der Waals surface area (Å²) in [6.07, 6.45) is 9.09. The van der Waals surface area contributed by atoms with E-state index in [1.807, 2.05) is 4.57 Å². The minimum Gasteiger partial charge on any atom is -0.328 e. The Kier molecular flexibility index (Phi) is 4.38. The van der Waals surface area contributed by atoms with Gasteiger partial charge in [0.25, 0.3) is 5.91 Å². The number of halogens is 2. The van der Waals surface area contributed by atoms with Crippen molar-refractivity contribution in [3.8, 4) is 0 Å². The molecule has 1 aliphatic rings. The summed E-state index contributed by atoms with van der Waals surface area (Å²) in [5.41, 5.74) is 0.483. The second kappa shape index (κ2) is 6.70. The zero-order valence-corrected chi connectivity index (χ0v) is 15.1. The average Bonchev–Trinajstić information content (AvgIpc) is 2.59. The molecule has 0 aromatic carbocycles. The molecule has 0 spiro atoms. The van der Waals surface area contributed by atoms with Crippen molar-refractivity contribution >= 4 is 45.8 Å². The van der Waals surface area contributed by atoms with Crippen molar-refractivity contribution in [3.63, 3.8) is 0 Å². The van der Waals surface area contributed by atoms with Crippen molar-refractivity contribution in [3.05, 3.63) is 62.8 Å². The van der Waals surface area contributed by atoms with E-state index < -0.39 is 5.91 Å². The molecule has 1 aliphatic carbocycles. The third-order valence-corrected chi connectivity index (χ3v) is 5.17. The summed E-state index contributed by atoms with van der Waals surface area (Å²) >= 11 is 12.1. The van der Waals surface area contributed by atoms with Crippen molar-refractivity contribution in [2.75, 3.05) is 5.32 Å². The van der Waals surface area contributed by atoms with Crippen molar-refractivity contribution in [1.29, 1.82) is 0 Å². The monoisotopic (exact) mass is 388 g/mol. The molecule has 4 rings (SSSR count). The van der Waals surface area contributed by atoms with Crippen molar-refractivity contribution < 1.29 is 4.79 Å². The van der Waals surface area contributed by atoms with Crippen LogP contribution in [0, 0.1) is 0 Å². The Balaban J connectivity index is 1.82. The number of aromatic nitrogens is 3. The van der Waals surface area contributed by atoms with Crippen LogP contribution < -0.4 is 10.7 Å². The summed E-state index contributed by atoms with van der Waals surface area (Å²) < 4.78 is 1.92. The summed E-state index contributed by atoms with van der Waals surface area (Å²) in [6, 6.07) is 3.61. The minimum atomic E-state index is -0.566. The van der Waals surface area contributed by atoms with E-state index >= 15 is 0 Å². The number of hydrogen-bond acceptors (Lipinski definition) is 4. The number of nitrogens with one attached hydrogen (secondary N) is 1. The third kappa shape index (κ3) is 2.85. The first kappa shape index (κ1) is 17.0. The summed E-state index contributed by atoms with van der Waals surface area (Å²) in [5, 5.41) is 3.44. The van der Waals surface area contributed by atoms with Gasteiger partial charge in [0.15, 0.2) is 0 Å². The first-order chi connectivity index (χ1) is 12.6. The Labute approximate surface area is 158 Å². The van der Waals surface area contributed by atoms with Gasteiger partial charge in [-0.05, 0) is 31.4 Å². The van der Waals surface area contributed by atoms with Gasteiger partial charge in [0, 0.05) is 30.8 Å². The lowest BCUT2D eigenvalue weighted by Crippen LogP contribution is -2.27. The third-order valence-electron chi connectivity index (χ3n) is 4.59. The van der Waals surface area contributed by atoms with E-state index in [1.54, 1.807) is 24.5 Å². The molecule has 3 heterocycles. The lowest BCUT2D eigenvalue weighted by molar-refractivity contribution is 0.102. The number of pyridine rings is 3. The average molecular weight is 389 g/mol. The number of nitrogens with zero attached hydrogens (tertiary/aromatic N) is 3. The highest BCUT2D eigenvalue weighted by Gasteiger charge is 2.24. The van der Waals surface area contributed by atoms with E-state index in [4.69, 9.17) is 23.2 Å². The van der Waals surface area contributed by atoms with Crippen molar-refractivity contribution in [1.82, 2.24) is 14.5 Å². The number of anilines is 1. The smallest absolute Gasteiger partial charge is 0.261 e. The van der Waals surface area contributed by atoms with E-state index in [2.05, 4.69) is 15.3 Å². The molecule has 0 unspecified atom stereocenters. The predicted molar refractivity (Wildman–Crippen MR) is 101 cm³/mol. The Morgan fingerprint density at radius 3 is 2.62 bits per heavy atom. The lowest BCUT2D eigenvalue weighted by atomic mass is 9.92. The quantitative estimate of drug-likeness (QED) is 0.733. The van der Waals surface area contributed by atoms with Crippen LogP contribution in [0.25, 0.3) is 11.0 Å². The molecule has 1 amide bonds. The number of carbonyl (C=O) groups is 1. The normalized spacial score (nSPS) is 14.2. The van der Waals surface area contributed by atoms with Gasteiger partial charge in [-0.3, -0.25) is 14.6 Å². The van der Waals surface area contributed by atoms with Crippen LogP contribution in [0.5, 0.6) is 0 Å². The molecule has 1 N–H and O–H groups in total. The maximum Gasteiger partial charge on any atom is 0.261 e. The highest BCUT2D eigenvalue weighted by Crippen LogP contribution is 2.33. The molecule has 3 aromatic rings. The molecule has 0 atom stereocenters. The standard InChI is InChI=1S/C18H14Cl2N4O2/c19-13-7-21-8-14(20)15(13)23-18(26)12-9-24(10-3-1-4-10)17-11(16(12)25)5-2-6-22-17/h2,5-10H,1,3-4H2,(H,21,23,26). The van der Waals surface area contributed by atoms with Gasteiger partial charge in [-0.15, -0.1) is 0 Å². The molecule has 0 aliphatic heterocycles. The molecule has 1 fully saturated rings. The van der Waals surface area contributed by atoms with Crippen LogP contribution in [-0.2, 0) is 0 Å². The molecular weight excluding hydrogens is 375 g/mol. The first-order valence-electron chi connectivity index (χ1n) is 8.16. The van der Waals surface area contributed by atoms with Gasteiger partial charge in [0.05, 0.1) is 21.1 Å². The van der Waals surface area contributed by atoms with Crippen LogP contribution in [0.1, 0.15) is 35.7 Å². The number of hydrogen-bond donors (Lipinski definition) is 1. The molecule has 0 radical (unpaired) electrons. The van der Waals surface area contributed by atoms with Crippen LogP contribution in [0.3, 0.4) is 0 Å². The molecule has 0 bridgehead atoms. The number of amides is 1. The zero-order valence-electron chi connectivity index (χ0n) is 13.6. The topological polar surface area (TPSA) is 76.9 Å². The zero-order chi connectivity index (χ0) is 18.3. The Morgan fingerprint density at radius 2 is 1.96 bits per heavy atom. The minimum absolute atomic E-state index is 0.0290. The second-order valence-corrected chi connectivity index (χ2v) is 6.99. The largest absolute Gasteiger partial charge is 0.328 e. The maximum absolute atomic E-state index is 12.8. The fraction of sp³-hybridized carbons (Fsp3) is 0.222. The van der Waals surface area contributed by atoms with Crippen LogP contribution in [0.15, 0.2) is 41.7 Å². The Morgan fingerprint density at radius 1 is 1.23 bits per heavy atom. The molecule has 6 nitrogen and oxygen atoms in total. The fourth-order valence-corrected chi connectivity index (χ4v) is 3.46. The van der Waals surface area contributed by atoms with Crippen LogP contribution in [0.2, 0.25) is 10.0 Å². The van der Waals surface area contributed by atoms with Gasteiger partial charge in [-0.2, -0.15) is 0 Å². The van der Waals surface area contributed by atoms with Crippen LogP contribution in [-0.4, -0.2) is 20.4 Å². The highest BCUT2D eigenvalue weighted by atomic mass is 35.5. The van der Waals surface area contributed by atoms with Crippen molar-refractivity contribution in [2.24, 2.45) is 0 Å². The van der Waals surface area contributed by atoms with Gasteiger partial charge in [0.1, 0.15) is 11.2 Å². The molecule has 1 saturated carbocycles. The van der Waals surface area contributed by atoms with Gasteiger partial charge in [0.2, 0.25) is 5.43 Å². The summed E-state index contributed by atoms with van der Waals surface area (Å²) in [5.74, 6) is -0.566. The van der Waals surface area contributed by atoms with Crippen LogP contribution in [0.4, 0.5) is 5.69 Å². The van der Waals surface area contributed by atoms with Crippen LogP contribution >= 0.6 is 23.2 Å². The molecule has 0 saturated heterocycles. The summed E-state index contributed by atoms with van der Waals surface area (Å²) in [7, 11) is 0. The van der Waals surface area contributed by atoms with Gasteiger partial charge >= 0.3 is 0 Å². The number of rotatable bonds is 3. The molecule has 8 heteroatoms. The molecular formula is C18H14Cl2N4O2. The molecule has 3 aromatic heterocycles. The van der Waals surface area contributed by atoms with E-state index in [0.717, 1.165) is 19.3 Å². The van der Waals surface area contributed by atoms with Gasteiger partial charge in [-0.1, -0.05) is 23.2 Å². The van der Waals surface area contributed by atoms with E-state index in [0.29, 0.717) is 11.0 Å². The molecule has 26 heavy (non-hydrogen) atoms. The molecule has 132 valence electrons. The number of fused-ring (bicyclic) bond motifs is 1. The second-order valence-electron chi connectivity index (χ2n) is 6.17. The van der Waals surface area contributed by atoms with E-state index in [9.17, 15) is 9.59 Å². The van der Waals surface area contributed by atoms with Crippen molar-refractivity contribution in [2.45, 2.75) is 25.3 Å².